The van der Waals surface area contributed by atoms with E-state index in [2.05, 4.69) is 16.0 Å². The second kappa shape index (κ2) is 16.7. The molecule has 0 unspecified atom stereocenters. The highest BCUT2D eigenvalue weighted by molar-refractivity contribution is 6.04. The molecule has 0 aromatic heterocycles. The number of amidine groups is 1. The summed E-state index contributed by atoms with van der Waals surface area (Å²) in [4.78, 5) is 51.5. The van der Waals surface area contributed by atoms with Gasteiger partial charge in [0.1, 0.15) is 11.9 Å². The number of nitrogens with zero attached hydrogens (tertiary/aromatic N) is 1. The van der Waals surface area contributed by atoms with Gasteiger partial charge in [0.05, 0.1) is 25.3 Å². The number of likely N-dealkylation sites (tertiary alicyclic amines) is 1. The zero-order valence-electron chi connectivity index (χ0n) is 23.4. The van der Waals surface area contributed by atoms with Gasteiger partial charge in [0.2, 0.25) is 11.8 Å². The van der Waals surface area contributed by atoms with Crippen molar-refractivity contribution >= 4 is 42.1 Å². The molecule has 1 fully saturated rings. The summed E-state index contributed by atoms with van der Waals surface area (Å²) in [5.41, 5.74) is 1.31. The minimum Gasteiger partial charge on any atom is -0.465 e. The highest BCUT2D eigenvalue weighted by atomic mass is 35.5. The van der Waals surface area contributed by atoms with Crippen LogP contribution in [-0.2, 0) is 30.4 Å². The first-order chi connectivity index (χ1) is 18.0. The fourth-order valence-corrected chi connectivity index (χ4v) is 4.18. The van der Waals surface area contributed by atoms with Crippen LogP contribution < -0.4 is 16.0 Å². The predicted octanol–water partition coefficient (Wildman–Crippen LogP) is 2.74. The van der Waals surface area contributed by atoms with Crippen LogP contribution in [0.4, 0.5) is 4.79 Å². The van der Waals surface area contributed by atoms with Gasteiger partial charge in [-0.3, -0.25) is 30.4 Å². The Balaban J connectivity index is 0.00000760. The number of carbonyl (C=O) groups excluding carboxylic acids is 4. The second-order valence-electron chi connectivity index (χ2n) is 9.93. The molecule has 11 nitrogen and oxygen atoms in total. The Morgan fingerprint density at radius 3 is 2.36 bits per heavy atom. The van der Waals surface area contributed by atoms with Crippen LogP contribution in [-0.4, -0.2) is 72.5 Å². The van der Waals surface area contributed by atoms with E-state index in [9.17, 15) is 19.2 Å². The van der Waals surface area contributed by atoms with Crippen LogP contribution in [0.5, 0.6) is 0 Å². The van der Waals surface area contributed by atoms with Crippen LogP contribution in [0, 0.1) is 11.3 Å². The molecule has 0 spiro atoms. The molecule has 4 N–H and O–H groups in total. The minimum absolute atomic E-state index is 0. The van der Waals surface area contributed by atoms with Gasteiger partial charge in [-0.05, 0) is 51.5 Å². The van der Waals surface area contributed by atoms with Gasteiger partial charge in [0, 0.05) is 18.7 Å². The molecule has 2 rings (SSSR count). The lowest BCUT2D eigenvalue weighted by Crippen LogP contribution is -2.53. The van der Waals surface area contributed by atoms with E-state index >= 15 is 0 Å². The number of esters is 1. The van der Waals surface area contributed by atoms with Crippen LogP contribution in [0.2, 0.25) is 0 Å². The number of benzene rings is 1. The van der Waals surface area contributed by atoms with Gasteiger partial charge < -0.3 is 19.7 Å². The molecule has 1 aliphatic rings. The van der Waals surface area contributed by atoms with Crippen LogP contribution in [0.1, 0.15) is 65.0 Å². The number of ether oxygens (including phenoxy) is 2. The number of hydrogen-bond acceptors (Lipinski definition) is 8. The molecule has 1 aromatic rings. The molecule has 3 amide bonds. The van der Waals surface area contributed by atoms with Crippen molar-refractivity contribution in [3.8, 4) is 0 Å². The summed E-state index contributed by atoms with van der Waals surface area (Å²) in [5, 5.41) is 16.3. The number of carbonyl (C=O) groups is 4. The van der Waals surface area contributed by atoms with E-state index in [0.29, 0.717) is 24.9 Å². The quantitative estimate of drug-likeness (QED) is 0.172. The minimum atomic E-state index is -0.691. The molecule has 218 valence electrons. The Morgan fingerprint density at radius 1 is 1.10 bits per heavy atom. The van der Waals surface area contributed by atoms with E-state index in [1.54, 1.807) is 49.9 Å². The van der Waals surface area contributed by atoms with Gasteiger partial charge in [-0.2, -0.15) is 0 Å². The number of hydrogen-bond donors (Lipinski definition) is 4. The van der Waals surface area contributed by atoms with E-state index in [0.717, 1.165) is 12.0 Å². The lowest BCUT2D eigenvalue weighted by Gasteiger charge is -2.29. The monoisotopic (exact) mass is 567 g/mol. The van der Waals surface area contributed by atoms with Crippen LogP contribution in [0.3, 0.4) is 0 Å². The van der Waals surface area contributed by atoms with Gasteiger partial charge in [-0.15, -0.1) is 12.4 Å². The summed E-state index contributed by atoms with van der Waals surface area (Å²) < 4.78 is 9.94. The number of amides is 3. The highest BCUT2D eigenvalue weighted by Gasteiger charge is 2.37. The van der Waals surface area contributed by atoms with Gasteiger partial charge in [-0.1, -0.05) is 38.1 Å². The molecule has 0 bridgehead atoms. The summed E-state index contributed by atoms with van der Waals surface area (Å²) in [6.07, 6.45) is 0.844. The normalized spacial score (nSPS) is 15.4. The Kier molecular flexibility index (Phi) is 14.5. The third-order valence-corrected chi connectivity index (χ3v) is 5.92. The van der Waals surface area contributed by atoms with Crippen molar-refractivity contribution in [2.24, 2.45) is 5.92 Å². The first-order valence-electron chi connectivity index (χ1n) is 13.1. The Labute approximate surface area is 236 Å². The van der Waals surface area contributed by atoms with Crippen LogP contribution >= 0.6 is 12.4 Å². The maximum Gasteiger partial charge on any atom is 0.413 e. The standard InChI is InChI=1S/C27H41N5O6.ClH/c1-6-37-23(33)16-29-21(14-17(2)3)26(35)32-13-7-8-22(32)25(34)30-15-19-9-11-20(12-10-19)24(28)31-27(36)38-18(4)5;/h9-12,17-18,21-22,29H,6-8,13-16H2,1-5H3,(H,30,34)(H2,28,31,36);1H/t21-,22+;/m1./s1. The Bertz CT molecular complexity index is 985. The average molecular weight is 568 g/mol. The van der Waals surface area contributed by atoms with Crippen molar-refractivity contribution in [3.63, 3.8) is 0 Å². The number of alkyl carbamates (subject to hydrolysis) is 1. The Morgan fingerprint density at radius 2 is 1.77 bits per heavy atom. The van der Waals surface area contributed by atoms with E-state index in [1.807, 2.05) is 13.8 Å². The highest BCUT2D eigenvalue weighted by Crippen LogP contribution is 2.20. The van der Waals surface area contributed by atoms with Crippen LogP contribution in [0.25, 0.3) is 0 Å². The second-order valence-corrected chi connectivity index (χ2v) is 9.93. The van der Waals surface area contributed by atoms with Crippen molar-refractivity contribution in [1.29, 1.82) is 5.41 Å². The number of halogens is 1. The predicted molar refractivity (Wildman–Crippen MR) is 150 cm³/mol. The zero-order valence-corrected chi connectivity index (χ0v) is 24.2. The van der Waals surface area contributed by atoms with E-state index in [4.69, 9.17) is 14.9 Å². The molecule has 1 aliphatic heterocycles. The third kappa shape index (κ3) is 11.2. The van der Waals surface area contributed by atoms with E-state index < -0.39 is 24.1 Å². The third-order valence-electron chi connectivity index (χ3n) is 5.92. The average Bonchev–Trinajstić information content (AvgIpc) is 3.34. The van der Waals surface area contributed by atoms with Gasteiger partial charge >= 0.3 is 12.1 Å². The molecule has 12 heteroatoms. The van der Waals surface area contributed by atoms with E-state index in [-0.39, 0.29) is 61.8 Å². The fourth-order valence-electron chi connectivity index (χ4n) is 4.18. The zero-order chi connectivity index (χ0) is 28.2. The molecular weight excluding hydrogens is 526 g/mol. The molecule has 0 saturated carbocycles. The summed E-state index contributed by atoms with van der Waals surface area (Å²) in [7, 11) is 0. The summed E-state index contributed by atoms with van der Waals surface area (Å²) in [6, 6.07) is 5.71. The van der Waals surface area contributed by atoms with Crippen molar-refractivity contribution < 1.29 is 28.7 Å². The van der Waals surface area contributed by atoms with E-state index in [1.165, 1.54) is 0 Å². The molecular formula is C27H42ClN5O6. The smallest absolute Gasteiger partial charge is 0.413 e. The van der Waals surface area contributed by atoms with Crippen LogP contribution in [0.15, 0.2) is 24.3 Å². The van der Waals surface area contributed by atoms with Crippen molar-refractivity contribution in [2.45, 2.75) is 78.6 Å². The maximum absolute atomic E-state index is 13.3. The summed E-state index contributed by atoms with van der Waals surface area (Å²) >= 11 is 0. The van der Waals surface area contributed by atoms with Crippen molar-refractivity contribution in [3.05, 3.63) is 35.4 Å². The lowest BCUT2D eigenvalue weighted by atomic mass is 10.0. The first kappa shape index (κ1) is 33.8. The molecule has 39 heavy (non-hydrogen) atoms. The van der Waals surface area contributed by atoms with Gasteiger partial charge in [-0.25, -0.2) is 4.79 Å². The molecule has 0 aliphatic carbocycles. The molecule has 1 heterocycles. The fraction of sp³-hybridized carbons (Fsp3) is 0.593. The SMILES string of the molecule is CCOC(=O)CN[C@H](CC(C)C)C(=O)N1CCC[C@H]1C(=O)NCc1ccc(C(=N)NC(=O)OC(C)C)cc1.Cl. The molecule has 2 atom stereocenters. The van der Waals surface area contributed by atoms with Gasteiger partial charge in [0.15, 0.2) is 0 Å². The lowest BCUT2D eigenvalue weighted by molar-refractivity contribution is -0.143. The van der Waals surface area contributed by atoms with Crippen molar-refractivity contribution in [1.82, 2.24) is 20.9 Å². The molecule has 1 aromatic carbocycles. The Hall–Kier alpha value is -3.18. The molecule has 1 saturated heterocycles. The topological polar surface area (TPSA) is 150 Å². The largest absolute Gasteiger partial charge is 0.465 e. The maximum atomic E-state index is 13.3. The summed E-state index contributed by atoms with van der Waals surface area (Å²) in [5.74, 6) is -0.712. The number of nitrogens with one attached hydrogen (secondary N) is 4. The first-order valence-corrected chi connectivity index (χ1v) is 13.1. The molecule has 0 radical (unpaired) electrons. The summed E-state index contributed by atoms with van der Waals surface area (Å²) in [6.45, 7) is 10.1. The number of rotatable bonds is 12. The van der Waals surface area contributed by atoms with Crippen molar-refractivity contribution in [2.75, 3.05) is 19.7 Å². The van der Waals surface area contributed by atoms with Gasteiger partial charge in [0.25, 0.3) is 0 Å².